The summed E-state index contributed by atoms with van der Waals surface area (Å²) in [6.45, 7) is 0.492. The Labute approximate surface area is 146 Å². The summed E-state index contributed by atoms with van der Waals surface area (Å²) in [6.07, 6.45) is 3.06. The summed E-state index contributed by atoms with van der Waals surface area (Å²) >= 11 is 3.37. The van der Waals surface area contributed by atoms with Crippen LogP contribution < -0.4 is 5.32 Å². The second-order valence-corrected chi connectivity index (χ2v) is 5.59. The fourth-order valence-corrected chi connectivity index (χ4v) is 2.60. The average molecular weight is 386 g/mol. The first-order valence-electron chi connectivity index (χ1n) is 7.09. The van der Waals surface area contributed by atoms with E-state index in [0.717, 1.165) is 4.60 Å². The Morgan fingerprint density at radius 2 is 2.25 bits per heavy atom. The molecular formula is C16H12BrN5O2. The average Bonchev–Trinajstić information content (AvgIpc) is 3.04. The molecule has 0 saturated heterocycles. The van der Waals surface area contributed by atoms with Gasteiger partial charge in [0, 0.05) is 6.20 Å². The summed E-state index contributed by atoms with van der Waals surface area (Å²) in [7, 11) is 0. The van der Waals surface area contributed by atoms with Gasteiger partial charge in [-0.1, -0.05) is 6.07 Å². The number of hydrogen-bond donors (Lipinski definition) is 1. The van der Waals surface area contributed by atoms with Crippen molar-refractivity contribution in [1.29, 1.82) is 5.26 Å². The molecule has 7 nitrogen and oxygen atoms in total. The summed E-state index contributed by atoms with van der Waals surface area (Å²) < 4.78 is 7.61. The lowest BCUT2D eigenvalue weighted by Gasteiger charge is -2.07. The minimum absolute atomic E-state index is 0.144. The fourth-order valence-electron chi connectivity index (χ4n) is 2.16. The molecule has 1 N–H and O–H groups in total. The van der Waals surface area contributed by atoms with Gasteiger partial charge in [0.05, 0.1) is 23.8 Å². The predicted molar refractivity (Wildman–Crippen MR) is 90.6 cm³/mol. The normalized spacial score (nSPS) is 10.3. The van der Waals surface area contributed by atoms with E-state index in [1.807, 2.05) is 18.2 Å². The maximum Gasteiger partial charge on any atom is 0.342 e. The summed E-state index contributed by atoms with van der Waals surface area (Å²) in [6, 6.07) is 10.8. The standard InChI is InChI=1S/C16H12BrN5O2/c17-14-5-1-4-13-12(10-21-22(13)14)16(23)24-8-7-20-15-11(9-18)3-2-6-19-15/h1-6,10H,7-8H2,(H,19,20). The zero-order valence-corrected chi connectivity index (χ0v) is 14.0. The van der Waals surface area contributed by atoms with E-state index in [-0.39, 0.29) is 6.61 Å². The lowest BCUT2D eigenvalue weighted by molar-refractivity contribution is 0.0523. The van der Waals surface area contributed by atoms with Crippen molar-refractivity contribution in [1.82, 2.24) is 14.6 Å². The summed E-state index contributed by atoms with van der Waals surface area (Å²) in [5.74, 6) is 0.0161. The monoisotopic (exact) mass is 385 g/mol. The highest BCUT2D eigenvalue weighted by molar-refractivity contribution is 9.10. The molecule has 3 aromatic rings. The first kappa shape index (κ1) is 16.0. The highest BCUT2D eigenvalue weighted by Crippen LogP contribution is 2.17. The highest BCUT2D eigenvalue weighted by Gasteiger charge is 2.14. The van der Waals surface area contributed by atoms with Gasteiger partial charge in [-0.3, -0.25) is 0 Å². The molecule has 0 fully saturated rings. The van der Waals surface area contributed by atoms with Gasteiger partial charge >= 0.3 is 5.97 Å². The number of halogens is 1. The zero-order valence-electron chi connectivity index (χ0n) is 12.4. The van der Waals surface area contributed by atoms with E-state index >= 15 is 0 Å². The number of esters is 1. The fraction of sp³-hybridized carbons (Fsp3) is 0.125. The number of carbonyl (C=O) groups excluding carboxylic acids is 1. The van der Waals surface area contributed by atoms with Gasteiger partial charge in [-0.05, 0) is 40.2 Å². The molecule has 8 heteroatoms. The Bertz CT molecular complexity index is 932. The molecule has 3 rings (SSSR count). The van der Waals surface area contributed by atoms with Crippen molar-refractivity contribution >= 4 is 33.2 Å². The van der Waals surface area contributed by atoms with Crippen molar-refractivity contribution < 1.29 is 9.53 Å². The predicted octanol–water partition coefficient (Wildman–Crippen LogP) is 2.63. The Morgan fingerprint density at radius 1 is 1.38 bits per heavy atom. The molecule has 0 aliphatic rings. The summed E-state index contributed by atoms with van der Waals surface area (Å²) in [5, 5.41) is 16.1. The Hall–Kier alpha value is -2.92. The van der Waals surface area contributed by atoms with Crippen LogP contribution in [0.5, 0.6) is 0 Å². The van der Waals surface area contributed by atoms with Gasteiger partial charge in [-0.25, -0.2) is 14.3 Å². The van der Waals surface area contributed by atoms with E-state index in [0.29, 0.717) is 29.0 Å². The maximum atomic E-state index is 12.2. The van der Waals surface area contributed by atoms with Crippen molar-refractivity contribution in [3.05, 3.63) is 58.5 Å². The maximum absolute atomic E-state index is 12.2. The number of rotatable bonds is 5. The third kappa shape index (κ3) is 3.21. The number of hydrogen-bond acceptors (Lipinski definition) is 6. The Balaban J connectivity index is 1.60. The van der Waals surface area contributed by atoms with Crippen LogP contribution in [-0.4, -0.2) is 33.7 Å². The molecule has 3 heterocycles. The molecule has 0 unspecified atom stereocenters. The molecule has 120 valence electrons. The van der Waals surface area contributed by atoms with Gasteiger partial charge in [-0.15, -0.1) is 0 Å². The van der Waals surface area contributed by atoms with Crippen LogP contribution in [0.15, 0.2) is 47.3 Å². The number of anilines is 1. The topological polar surface area (TPSA) is 92.3 Å². The van der Waals surface area contributed by atoms with Crippen molar-refractivity contribution in [3.63, 3.8) is 0 Å². The SMILES string of the molecule is N#Cc1cccnc1NCCOC(=O)c1cnn2c(Br)cccc12. The smallest absolute Gasteiger partial charge is 0.342 e. The Kier molecular flexibility index (Phi) is 4.72. The lowest BCUT2D eigenvalue weighted by atomic mass is 10.2. The van der Waals surface area contributed by atoms with Crippen LogP contribution >= 0.6 is 15.9 Å². The number of nitrogens with zero attached hydrogens (tertiary/aromatic N) is 4. The van der Waals surface area contributed by atoms with Gasteiger partial charge in [0.25, 0.3) is 0 Å². The van der Waals surface area contributed by atoms with E-state index in [1.54, 1.807) is 28.9 Å². The van der Waals surface area contributed by atoms with Crippen LogP contribution in [0.25, 0.3) is 5.52 Å². The largest absolute Gasteiger partial charge is 0.460 e. The second-order valence-electron chi connectivity index (χ2n) is 4.78. The summed E-state index contributed by atoms with van der Waals surface area (Å²) in [5.41, 5.74) is 1.50. The highest BCUT2D eigenvalue weighted by atomic mass is 79.9. The number of aromatic nitrogens is 3. The molecule has 0 amide bonds. The quantitative estimate of drug-likeness (QED) is 0.412. The molecule has 0 spiro atoms. The second kappa shape index (κ2) is 7.10. The van der Waals surface area contributed by atoms with Crippen LogP contribution in [-0.2, 0) is 4.74 Å². The number of fused-ring (bicyclic) bond motifs is 1. The molecule has 0 bridgehead atoms. The first-order chi connectivity index (χ1) is 11.7. The first-order valence-corrected chi connectivity index (χ1v) is 7.88. The van der Waals surface area contributed by atoms with Gasteiger partial charge in [-0.2, -0.15) is 10.4 Å². The van der Waals surface area contributed by atoms with E-state index < -0.39 is 5.97 Å². The molecule has 0 atom stereocenters. The molecule has 0 aliphatic heterocycles. The molecule has 0 saturated carbocycles. The molecule has 0 radical (unpaired) electrons. The van der Waals surface area contributed by atoms with Crippen LogP contribution in [0, 0.1) is 11.3 Å². The molecule has 24 heavy (non-hydrogen) atoms. The molecule has 3 aromatic heterocycles. The lowest BCUT2D eigenvalue weighted by Crippen LogP contribution is -2.15. The van der Waals surface area contributed by atoms with Crippen LogP contribution in [0.4, 0.5) is 5.82 Å². The van der Waals surface area contributed by atoms with Gasteiger partial charge in [0.1, 0.15) is 28.7 Å². The third-order valence-electron chi connectivity index (χ3n) is 3.27. The van der Waals surface area contributed by atoms with Crippen LogP contribution in [0.1, 0.15) is 15.9 Å². The number of carbonyl (C=O) groups is 1. The van der Waals surface area contributed by atoms with Gasteiger partial charge < -0.3 is 10.1 Å². The zero-order chi connectivity index (χ0) is 16.9. The minimum atomic E-state index is -0.452. The van der Waals surface area contributed by atoms with Crippen molar-refractivity contribution in [2.24, 2.45) is 0 Å². The summed E-state index contributed by atoms with van der Waals surface area (Å²) in [4.78, 5) is 16.3. The van der Waals surface area contributed by atoms with Crippen molar-refractivity contribution in [3.8, 4) is 6.07 Å². The minimum Gasteiger partial charge on any atom is -0.460 e. The Morgan fingerprint density at radius 3 is 3.08 bits per heavy atom. The molecule has 0 aliphatic carbocycles. The van der Waals surface area contributed by atoms with Crippen LogP contribution in [0.3, 0.4) is 0 Å². The molecular weight excluding hydrogens is 374 g/mol. The van der Waals surface area contributed by atoms with Crippen LogP contribution in [0.2, 0.25) is 0 Å². The number of nitriles is 1. The number of pyridine rings is 2. The van der Waals surface area contributed by atoms with Gasteiger partial charge in [0.2, 0.25) is 0 Å². The van der Waals surface area contributed by atoms with Gasteiger partial charge in [0.15, 0.2) is 0 Å². The third-order valence-corrected chi connectivity index (χ3v) is 3.87. The van der Waals surface area contributed by atoms with Crippen molar-refractivity contribution in [2.75, 3.05) is 18.5 Å². The van der Waals surface area contributed by atoms with E-state index in [9.17, 15) is 4.79 Å². The number of nitrogens with one attached hydrogen (secondary N) is 1. The van der Waals surface area contributed by atoms with Crippen molar-refractivity contribution in [2.45, 2.75) is 0 Å². The number of ether oxygens (including phenoxy) is 1. The van der Waals surface area contributed by atoms with E-state index in [1.165, 1.54) is 6.20 Å². The van der Waals surface area contributed by atoms with E-state index in [4.69, 9.17) is 10.00 Å². The van der Waals surface area contributed by atoms with E-state index in [2.05, 4.69) is 31.3 Å². The molecule has 0 aromatic carbocycles.